The highest BCUT2D eigenvalue weighted by atomic mass is 32.1. The summed E-state index contributed by atoms with van der Waals surface area (Å²) in [5.74, 6) is 0.318. The molecular weight excluding hydrogens is 288 g/mol. The number of carbonyl (C=O) groups excluding carboxylic acids is 1. The van der Waals surface area contributed by atoms with E-state index in [1.807, 2.05) is 11.8 Å². The normalized spacial score (nSPS) is 25.9. The lowest BCUT2D eigenvalue weighted by atomic mass is 10.1. The summed E-state index contributed by atoms with van der Waals surface area (Å²) in [6.07, 6.45) is 3.28. The molecule has 116 valence electrons. The molecular formula is C14H22N4O2S. The molecule has 2 aliphatic rings. The zero-order chi connectivity index (χ0) is 15.0. The molecule has 0 radical (unpaired) electrons. The fraction of sp³-hybridized carbons (Fsp3) is 0.714. The van der Waals surface area contributed by atoms with E-state index in [9.17, 15) is 4.79 Å². The zero-order valence-electron chi connectivity index (χ0n) is 12.5. The minimum atomic E-state index is -0.0177. The fourth-order valence-electron chi connectivity index (χ4n) is 2.51. The van der Waals surface area contributed by atoms with Gasteiger partial charge in [0.25, 0.3) is 5.91 Å². The minimum Gasteiger partial charge on any atom is -0.382 e. The van der Waals surface area contributed by atoms with Crippen LogP contribution in [-0.2, 0) is 4.74 Å². The molecule has 7 heteroatoms. The van der Waals surface area contributed by atoms with Gasteiger partial charge < -0.3 is 20.7 Å². The molecule has 3 N–H and O–H groups in total. The minimum absolute atomic E-state index is 0.0177. The van der Waals surface area contributed by atoms with Crippen LogP contribution in [0.1, 0.15) is 42.8 Å². The Kier molecular flexibility index (Phi) is 4.03. The molecule has 1 saturated heterocycles. The van der Waals surface area contributed by atoms with E-state index in [1.165, 1.54) is 24.2 Å². The van der Waals surface area contributed by atoms with Gasteiger partial charge in [-0.05, 0) is 26.2 Å². The molecule has 0 aromatic carbocycles. The monoisotopic (exact) mass is 310 g/mol. The summed E-state index contributed by atoms with van der Waals surface area (Å²) in [7, 11) is 0. The number of carbonyl (C=O) groups is 1. The summed E-state index contributed by atoms with van der Waals surface area (Å²) < 4.78 is 5.64. The molecule has 1 aliphatic carbocycles. The van der Waals surface area contributed by atoms with E-state index in [4.69, 9.17) is 10.5 Å². The highest BCUT2D eigenvalue weighted by Gasteiger charge is 2.32. The summed E-state index contributed by atoms with van der Waals surface area (Å²) in [6, 6.07) is 0.625. The molecule has 2 fully saturated rings. The van der Waals surface area contributed by atoms with Crippen LogP contribution in [0.3, 0.4) is 0 Å². The molecule has 1 amide bonds. The first-order valence-corrected chi connectivity index (χ1v) is 8.35. The number of ether oxygens (including phenoxy) is 1. The molecule has 0 spiro atoms. The van der Waals surface area contributed by atoms with Crippen LogP contribution in [0.25, 0.3) is 0 Å². The van der Waals surface area contributed by atoms with Crippen molar-refractivity contribution in [2.75, 3.05) is 24.2 Å². The average molecular weight is 310 g/mol. The molecule has 1 saturated carbocycles. The summed E-state index contributed by atoms with van der Waals surface area (Å²) in [5, 5.41) is 4.06. The Bertz CT molecular complexity index is 529. The van der Waals surface area contributed by atoms with Gasteiger partial charge in [-0.15, -0.1) is 0 Å². The van der Waals surface area contributed by atoms with Crippen molar-refractivity contribution in [3.8, 4) is 0 Å². The summed E-state index contributed by atoms with van der Waals surface area (Å²) in [5.41, 5.74) is 5.95. The van der Waals surface area contributed by atoms with Crippen molar-refractivity contribution >= 4 is 28.2 Å². The molecule has 2 heterocycles. The number of aromatic nitrogens is 1. The van der Waals surface area contributed by atoms with E-state index in [2.05, 4.69) is 17.2 Å². The molecule has 3 rings (SSSR count). The second-order valence-corrected chi connectivity index (χ2v) is 6.81. The van der Waals surface area contributed by atoms with Crippen molar-refractivity contribution in [1.82, 2.24) is 9.88 Å². The molecule has 2 atom stereocenters. The molecule has 6 nitrogen and oxygen atoms in total. The first-order valence-electron chi connectivity index (χ1n) is 7.54. The Labute approximate surface area is 128 Å². The number of nitrogens with zero attached hydrogens (tertiary/aromatic N) is 2. The Morgan fingerprint density at radius 1 is 1.57 bits per heavy atom. The topological polar surface area (TPSA) is 80.5 Å². The van der Waals surface area contributed by atoms with Crippen molar-refractivity contribution in [2.24, 2.45) is 0 Å². The first-order chi connectivity index (χ1) is 10.1. The van der Waals surface area contributed by atoms with Crippen LogP contribution in [-0.4, -0.2) is 47.1 Å². The van der Waals surface area contributed by atoms with Gasteiger partial charge in [-0.1, -0.05) is 18.3 Å². The fourth-order valence-corrected chi connectivity index (χ4v) is 3.43. The maximum atomic E-state index is 12.8. The van der Waals surface area contributed by atoms with E-state index in [0.717, 1.165) is 11.6 Å². The maximum absolute atomic E-state index is 12.8. The molecule has 0 bridgehead atoms. The molecule has 1 aromatic rings. The lowest BCUT2D eigenvalue weighted by Crippen LogP contribution is -2.51. The predicted molar refractivity (Wildman–Crippen MR) is 83.7 cm³/mol. The number of hydrogen-bond acceptors (Lipinski definition) is 6. The maximum Gasteiger partial charge on any atom is 0.268 e. The SMILES string of the molecule is CCC1COC(C)CN1C(=O)c1sc(NC2CC2)nc1N. The average Bonchev–Trinajstić information content (AvgIpc) is 3.20. The number of nitrogens with two attached hydrogens (primary N) is 1. The number of amides is 1. The highest BCUT2D eigenvalue weighted by molar-refractivity contribution is 7.18. The second-order valence-electron chi connectivity index (χ2n) is 5.82. The molecule has 21 heavy (non-hydrogen) atoms. The van der Waals surface area contributed by atoms with Crippen LogP contribution in [0.4, 0.5) is 10.9 Å². The number of anilines is 2. The van der Waals surface area contributed by atoms with Gasteiger partial charge in [-0.25, -0.2) is 4.98 Å². The lowest BCUT2D eigenvalue weighted by molar-refractivity contribution is -0.0442. The van der Waals surface area contributed by atoms with Crippen molar-refractivity contribution in [1.29, 1.82) is 0 Å². The Morgan fingerprint density at radius 3 is 3.00 bits per heavy atom. The van der Waals surface area contributed by atoms with Crippen LogP contribution in [0.2, 0.25) is 0 Å². The number of nitrogens with one attached hydrogen (secondary N) is 1. The largest absolute Gasteiger partial charge is 0.382 e. The zero-order valence-corrected chi connectivity index (χ0v) is 13.3. The Morgan fingerprint density at radius 2 is 2.33 bits per heavy atom. The van der Waals surface area contributed by atoms with Gasteiger partial charge in [0, 0.05) is 12.6 Å². The smallest absolute Gasteiger partial charge is 0.268 e. The number of nitrogen functional groups attached to an aromatic ring is 1. The van der Waals surface area contributed by atoms with Crippen molar-refractivity contribution in [3.63, 3.8) is 0 Å². The first kappa shape index (κ1) is 14.6. The third kappa shape index (κ3) is 3.13. The Balaban J connectivity index is 1.77. The van der Waals surface area contributed by atoms with E-state index in [-0.39, 0.29) is 18.1 Å². The number of thiazole rings is 1. The van der Waals surface area contributed by atoms with Crippen molar-refractivity contribution in [3.05, 3.63) is 4.88 Å². The van der Waals surface area contributed by atoms with E-state index in [0.29, 0.717) is 29.9 Å². The third-order valence-electron chi connectivity index (χ3n) is 3.95. The van der Waals surface area contributed by atoms with Crippen molar-refractivity contribution < 1.29 is 9.53 Å². The second kappa shape index (κ2) is 5.81. The van der Waals surface area contributed by atoms with Crippen LogP contribution in [0.5, 0.6) is 0 Å². The number of morpholine rings is 1. The van der Waals surface area contributed by atoms with Gasteiger partial charge in [-0.2, -0.15) is 0 Å². The summed E-state index contributed by atoms with van der Waals surface area (Å²) in [6.45, 7) is 5.26. The van der Waals surface area contributed by atoms with E-state index in [1.54, 1.807) is 0 Å². The van der Waals surface area contributed by atoms with Crippen LogP contribution >= 0.6 is 11.3 Å². The van der Waals surface area contributed by atoms with Gasteiger partial charge in [0.05, 0.1) is 18.8 Å². The summed E-state index contributed by atoms with van der Waals surface area (Å²) >= 11 is 1.36. The van der Waals surface area contributed by atoms with Gasteiger partial charge in [0.2, 0.25) is 0 Å². The lowest BCUT2D eigenvalue weighted by Gasteiger charge is -2.38. The van der Waals surface area contributed by atoms with Gasteiger partial charge in [0.15, 0.2) is 5.13 Å². The Hall–Kier alpha value is -1.34. The molecule has 2 unspecified atom stereocenters. The molecule has 1 aliphatic heterocycles. The van der Waals surface area contributed by atoms with Crippen molar-refractivity contribution in [2.45, 2.75) is 51.3 Å². The quantitative estimate of drug-likeness (QED) is 0.888. The molecule has 1 aromatic heterocycles. The van der Waals surface area contributed by atoms with Crippen LogP contribution in [0, 0.1) is 0 Å². The van der Waals surface area contributed by atoms with Gasteiger partial charge in [-0.3, -0.25) is 4.79 Å². The number of rotatable bonds is 4. The van der Waals surface area contributed by atoms with Crippen LogP contribution in [0.15, 0.2) is 0 Å². The van der Waals surface area contributed by atoms with Gasteiger partial charge in [0.1, 0.15) is 10.7 Å². The summed E-state index contributed by atoms with van der Waals surface area (Å²) in [4.78, 5) is 19.5. The number of hydrogen-bond donors (Lipinski definition) is 2. The van der Waals surface area contributed by atoms with E-state index < -0.39 is 0 Å². The van der Waals surface area contributed by atoms with E-state index >= 15 is 0 Å². The highest BCUT2D eigenvalue weighted by Crippen LogP contribution is 2.32. The third-order valence-corrected chi connectivity index (χ3v) is 4.94. The van der Waals surface area contributed by atoms with Crippen LogP contribution < -0.4 is 11.1 Å². The predicted octanol–water partition coefficient (Wildman–Crippen LogP) is 1.94. The van der Waals surface area contributed by atoms with Gasteiger partial charge >= 0.3 is 0 Å². The standard InChI is InChI=1S/C14H22N4O2S/c1-3-10-7-20-8(2)6-18(10)13(19)11-12(15)17-14(21-11)16-9-4-5-9/h8-10H,3-7,15H2,1-2H3,(H,16,17).